The lowest BCUT2D eigenvalue weighted by Gasteiger charge is -2.21. The van der Waals surface area contributed by atoms with Gasteiger partial charge in [-0.25, -0.2) is 0 Å². The third-order valence-corrected chi connectivity index (χ3v) is 3.00. The van der Waals surface area contributed by atoms with Crippen LogP contribution in [-0.2, 0) is 0 Å². The van der Waals surface area contributed by atoms with Gasteiger partial charge in [0, 0.05) is 18.5 Å². The minimum atomic E-state index is 0.260. The lowest BCUT2D eigenvalue weighted by molar-refractivity contribution is 0.240. The van der Waals surface area contributed by atoms with Crippen LogP contribution in [0.5, 0.6) is 0 Å². The van der Waals surface area contributed by atoms with Crippen molar-refractivity contribution in [2.45, 2.75) is 13.0 Å². The third-order valence-electron chi connectivity index (χ3n) is 3.00. The second-order valence-electron chi connectivity index (χ2n) is 4.13. The fourth-order valence-corrected chi connectivity index (χ4v) is 1.82. The topological polar surface area (TPSA) is 42.4 Å². The van der Waals surface area contributed by atoms with Gasteiger partial charge >= 0.3 is 0 Å². The van der Waals surface area contributed by atoms with E-state index >= 15 is 0 Å². The van der Waals surface area contributed by atoms with Crippen LogP contribution in [0.15, 0.2) is 34.7 Å². The van der Waals surface area contributed by atoms with Gasteiger partial charge in [-0.15, -0.1) is 0 Å². The molecule has 1 aromatic carbocycles. The highest BCUT2D eigenvalue weighted by Crippen LogP contribution is 2.26. The summed E-state index contributed by atoms with van der Waals surface area (Å²) in [6.07, 6.45) is 0. The molecule has 16 heavy (non-hydrogen) atoms. The number of hydrogen-bond acceptors (Lipinski definition) is 3. The van der Waals surface area contributed by atoms with Crippen LogP contribution in [0.1, 0.15) is 18.7 Å². The molecule has 2 rings (SSSR count). The molecule has 3 heteroatoms. The van der Waals surface area contributed by atoms with E-state index in [1.807, 2.05) is 18.2 Å². The van der Waals surface area contributed by atoms with Gasteiger partial charge in [-0.3, -0.25) is 4.90 Å². The fraction of sp³-hybridized carbons (Fsp3) is 0.385. The lowest BCUT2D eigenvalue weighted by atomic mass is 10.2. The molecule has 1 heterocycles. The zero-order chi connectivity index (χ0) is 11.5. The molecule has 0 aliphatic heterocycles. The van der Waals surface area contributed by atoms with Crippen LogP contribution in [0, 0.1) is 0 Å². The Hall–Kier alpha value is -1.32. The number of benzene rings is 1. The number of nitrogens with two attached hydrogens (primary N) is 1. The Balaban J connectivity index is 2.26. The largest absolute Gasteiger partial charge is 0.459 e. The van der Waals surface area contributed by atoms with Gasteiger partial charge in [0.25, 0.3) is 0 Å². The van der Waals surface area contributed by atoms with Crippen molar-refractivity contribution in [2.75, 3.05) is 20.1 Å². The molecule has 0 radical (unpaired) electrons. The fourth-order valence-electron chi connectivity index (χ4n) is 1.82. The molecule has 0 aliphatic rings. The number of para-hydroxylation sites is 1. The standard InChI is InChI=1S/C13H18N2O/c1-10(15(2)8-7-14)13-9-11-5-3-4-6-12(11)16-13/h3-6,9-10H,7-8,14H2,1-2H3. The van der Waals surface area contributed by atoms with E-state index in [9.17, 15) is 0 Å². The first-order valence-corrected chi connectivity index (χ1v) is 5.61. The zero-order valence-corrected chi connectivity index (χ0v) is 9.81. The summed E-state index contributed by atoms with van der Waals surface area (Å²) >= 11 is 0. The van der Waals surface area contributed by atoms with Crippen LogP contribution in [-0.4, -0.2) is 25.0 Å². The Morgan fingerprint density at radius 1 is 1.38 bits per heavy atom. The maximum Gasteiger partial charge on any atom is 0.134 e. The van der Waals surface area contributed by atoms with Crippen LogP contribution in [0.4, 0.5) is 0 Å². The minimum absolute atomic E-state index is 0.260. The molecule has 0 saturated heterocycles. The molecule has 2 aromatic rings. The molecule has 86 valence electrons. The molecule has 0 fully saturated rings. The molecule has 2 N–H and O–H groups in total. The number of likely N-dealkylation sites (N-methyl/N-ethyl adjacent to an activating group) is 1. The van der Waals surface area contributed by atoms with E-state index in [0.29, 0.717) is 6.54 Å². The van der Waals surface area contributed by atoms with E-state index in [-0.39, 0.29) is 6.04 Å². The third kappa shape index (κ3) is 2.10. The predicted molar refractivity (Wildman–Crippen MR) is 66.3 cm³/mol. The van der Waals surface area contributed by atoms with Crippen molar-refractivity contribution in [3.8, 4) is 0 Å². The van der Waals surface area contributed by atoms with Crippen molar-refractivity contribution in [1.29, 1.82) is 0 Å². The van der Waals surface area contributed by atoms with Crippen molar-refractivity contribution in [3.63, 3.8) is 0 Å². The van der Waals surface area contributed by atoms with Crippen LogP contribution < -0.4 is 5.73 Å². The number of rotatable bonds is 4. The first kappa shape index (κ1) is 11.2. The Kier molecular flexibility index (Phi) is 3.27. The first-order chi connectivity index (χ1) is 7.72. The summed E-state index contributed by atoms with van der Waals surface area (Å²) in [7, 11) is 2.06. The van der Waals surface area contributed by atoms with Gasteiger partial charge in [-0.1, -0.05) is 18.2 Å². The summed E-state index contributed by atoms with van der Waals surface area (Å²) in [5, 5.41) is 1.16. The summed E-state index contributed by atoms with van der Waals surface area (Å²) in [5.41, 5.74) is 6.50. The molecule has 1 atom stereocenters. The summed E-state index contributed by atoms with van der Waals surface area (Å²) in [6.45, 7) is 3.67. The van der Waals surface area contributed by atoms with E-state index < -0.39 is 0 Å². The molecule has 0 amide bonds. The molecule has 3 nitrogen and oxygen atoms in total. The smallest absolute Gasteiger partial charge is 0.134 e. The van der Waals surface area contributed by atoms with E-state index in [0.717, 1.165) is 23.3 Å². The summed E-state index contributed by atoms with van der Waals surface area (Å²) in [6, 6.07) is 10.4. The average Bonchev–Trinajstić information content (AvgIpc) is 2.71. The number of fused-ring (bicyclic) bond motifs is 1. The van der Waals surface area contributed by atoms with Crippen LogP contribution >= 0.6 is 0 Å². The second-order valence-corrected chi connectivity index (χ2v) is 4.13. The molecular weight excluding hydrogens is 200 g/mol. The van der Waals surface area contributed by atoms with E-state index in [1.54, 1.807) is 0 Å². The molecule has 1 aromatic heterocycles. The van der Waals surface area contributed by atoms with Crippen molar-refractivity contribution >= 4 is 11.0 Å². The molecule has 0 aliphatic carbocycles. The van der Waals surface area contributed by atoms with Gasteiger partial charge in [-0.05, 0) is 26.1 Å². The second kappa shape index (κ2) is 4.68. The highest BCUT2D eigenvalue weighted by Gasteiger charge is 2.15. The first-order valence-electron chi connectivity index (χ1n) is 5.61. The molecular formula is C13H18N2O. The van der Waals surface area contributed by atoms with Crippen LogP contribution in [0.25, 0.3) is 11.0 Å². The van der Waals surface area contributed by atoms with Crippen molar-refractivity contribution in [1.82, 2.24) is 4.90 Å². The Morgan fingerprint density at radius 3 is 2.81 bits per heavy atom. The number of hydrogen-bond donors (Lipinski definition) is 1. The molecule has 0 bridgehead atoms. The van der Waals surface area contributed by atoms with E-state index in [4.69, 9.17) is 10.2 Å². The van der Waals surface area contributed by atoms with Crippen molar-refractivity contribution in [3.05, 3.63) is 36.1 Å². The van der Waals surface area contributed by atoms with E-state index in [2.05, 4.69) is 31.0 Å². The van der Waals surface area contributed by atoms with Crippen molar-refractivity contribution in [2.24, 2.45) is 5.73 Å². The predicted octanol–water partition coefficient (Wildman–Crippen LogP) is 2.38. The quantitative estimate of drug-likeness (QED) is 0.856. The summed E-state index contributed by atoms with van der Waals surface area (Å²) in [5.74, 6) is 0.997. The van der Waals surface area contributed by atoms with Gasteiger partial charge in [0.15, 0.2) is 0 Å². The molecule has 0 saturated carbocycles. The van der Waals surface area contributed by atoms with Crippen LogP contribution in [0.3, 0.4) is 0 Å². The minimum Gasteiger partial charge on any atom is -0.459 e. The van der Waals surface area contributed by atoms with Crippen LogP contribution in [0.2, 0.25) is 0 Å². The SMILES string of the molecule is CC(c1cc2ccccc2o1)N(C)CCN. The maximum atomic E-state index is 5.81. The van der Waals surface area contributed by atoms with Gasteiger partial charge < -0.3 is 10.2 Å². The zero-order valence-electron chi connectivity index (χ0n) is 9.81. The number of nitrogens with zero attached hydrogens (tertiary/aromatic N) is 1. The normalized spacial score (nSPS) is 13.5. The Bertz CT molecular complexity index is 431. The van der Waals surface area contributed by atoms with Gasteiger partial charge in [-0.2, -0.15) is 0 Å². The van der Waals surface area contributed by atoms with E-state index in [1.165, 1.54) is 0 Å². The Morgan fingerprint density at radius 2 is 2.12 bits per heavy atom. The lowest BCUT2D eigenvalue weighted by Crippen LogP contribution is -2.27. The highest BCUT2D eigenvalue weighted by atomic mass is 16.3. The van der Waals surface area contributed by atoms with Gasteiger partial charge in [0.2, 0.25) is 0 Å². The Labute approximate surface area is 95.8 Å². The highest BCUT2D eigenvalue weighted by molar-refractivity contribution is 5.77. The monoisotopic (exact) mass is 218 g/mol. The summed E-state index contributed by atoms with van der Waals surface area (Å²) in [4.78, 5) is 2.19. The molecule has 0 spiro atoms. The maximum absolute atomic E-state index is 5.81. The van der Waals surface area contributed by atoms with Gasteiger partial charge in [0.05, 0.1) is 6.04 Å². The summed E-state index contributed by atoms with van der Waals surface area (Å²) < 4.78 is 5.81. The number of furan rings is 1. The molecule has 1 unspecified atom stereocenters. The van der Waals surface area contributed by atoms with Gasteiger partial charge in [0.1, 0.15) is 11.3 Å². The average molecular weight is 218 g/mol. The van der Waals surface area contributed by atoms with Crippen molar-refractivity contribution < 1.29 is 4.42 Å².